The highest BCUT2D eigenvalue weighted by Gasteiger charge is 2.43. The molecule has 6 nitrogen and oxygen atoms in total. The van der Waals surface area contributed by atoms with Gasteiger partial charge in [0, 0.05) is 32.4 Å². The van der Waals surface area contributed by atoms with E-state index >= 15 is 0 Å². The molecule has 4 rings (SSSR count). The third-order valence-corrected chi connectivity index (χ3v) is 5.14. The summed E-state index contributed by atoms with van der Waals surface area (Å²) >= 11 is 0. The highest BCUT2D eigenvalue weighted by Crippen LogP contribution is 2.27. The van der Waals surface area contributed by atoms with Crippen molar-refractivity contribution in [1.82, 2.24) is 9.88 Å². The molecule has 2 saturated heterocycles. The summed E-state index contributed by atoms with van der Waals surface area (Å²) in [7, 11) is 0. The van der Waals surface area contributed by atoms with Crippen molar-refractivity contribution in [3.8, 4) is 0 Å². The van der Waals surface area contributed by atoms with Crippen LogP contribution >= 0.6 is 0 Å². The average molecular weight is 350 g/mol. The van der Waals surface area contributed by atoms with E-state index in [0.717, 1.165) is 37.6 Å². The van der Waals surface area contributed by atoms with Crippen LogP contribution in [0.2, 0.25) is 0 Å². The van der Waals surface area contributed by atoms with Gasteiger partial charge in [-0.2, -0.15) is 0 Å². The molecule has 0 radical (unpaired) electrons. The molecule has 0 spiro atoms. The summed E-state index contributed by atoms with van der Waals surface area (Å²) in [6.45, 7) is 5.10. The van der Waals surface area contributed by atoms with Gasteiger partial charge in [0.2, 0.25) is 5.91 Å². The largest absolute Gasteiger partial charge is 0.354 e. The first-order chi connectivity index (χ1) is 12.6. The number of pyridine rings is 1. The molecule has 0 unspecified atom stereocenters. The van der Waals surface area contributed by atoms with Crippen molar-refractivity contribution < 1.29 is 9.59 Å². The van der Waals surface area contributed by atoms with Crippen LogP contribution in [0.5, 0.6) is 0 Å². The normalized spacial score (nSPS) is 21.5. The Labute approximate surface area is 153 Å². The zero-order valence-corrected chi connectivity index (χ0v) is 14.8. The fourth-order valence-electron chi connectivity index (χ4n) is 3.67. The number of hydrogen-bond acceptors (Lipinski definition) is 5. The van der Waals surface area contributed by atoms with Crippen LogP contribution in [0.25, 0.3) is 0 Å². The topological polar surface area (TPSA) is 56.8 Å². The Hall–Kier alpha value is -2.73. The highest BCUT2D eigenvalue weighted by atomic mass is 16.2. The zero-order valence-electron chi connectivity index (χ0n) is 14.8. The first kappa shape index (κ1) is 16.7. The van der Waals surface area contributed by atoms with Gasteiger partial charge < -0.3 is 4.90 Å². The predicted molar refractivity (Wildman–Crippen MR) is 100 cm³/mol. The molecule has 2 aliphatic heterocycles. The van der Waals surface area contributed by atoms with E-state index in [1.165, 1.54) is 4.90 Å². The Morgan fingerprint density at radius 2 is 1.69 bits per heavy atom. The Kier molecular flexibility index (Phi) is 4.42. The number of nitrogens with zero attached hydrogens (tertiary/aromatic N) is 4. The summed E-state index contributed by atoms with van der Waals surface area (Å²) < 4.78 is 0. The number of carbonyl (C=O) groups excluding carboxylic acids is 2. The Balaban J connectivity index is 1.44. The number of carbonyl (C=O) groups is 2. The van der Waals surface area contributed by atoms with Gasteiger partial charge in [0.25, 0.3) is 5.91 Å². The molecule has 2 fully saturated rings. The number of piperazine rings is 1. The Morgan fingerprint density at radius 1 is 0.962 bits per heavy atom. The second kappa shape index (κ2) is 6.88. The second-order valence-electron chi connectivity index (χ2n) is 6.83. The van der Waals surface area contributed by atoms with Crippen LogP contribution in [0.3, 0.4) is 0 Å². The van der Waals surface area contributed by atoms with Crippen LogP contribution in [-0.2, 0) is 9.59 Å². The first-order valence-electron chi connectivity index (χ1n) is 8.97. The van der Waals surface area contributed by atoms with Gasteiger partial charge in [-0.1, -0.05) is 23.8 Å². The summed E-state index contributed by atoms with van der Waals surface area (Å²) in [6.07, 6.45) is 2.05. The van der Waals surface area contributed by atoms with Crippen molar-refractivity contribution in [3.05, 3.63) is 54.2 Å². The van der Waals surface area contributed by atoms with Crippen molar-refractivity contribution in [2.45, 2.75) is 19.4 Å². The minimum absolute atomic E-state index is 0.106. The smallest absolute Gasteiger partial charge is 0.251 e. The zero-order chi connectivity index (χ0) is 18.1. The van der Waals surface area contributed by atoms with Gasteiger partial charge in [-0.15, -0.1) is 0 Å². The van der Waals surface area contributed by atoms with E-state index in [-0.39, 0.29) is 24.3 Å². The highest BCUT2D eigenvalue weighted by molar-refractivity contribution is 6.22. The fourth-order valence-corrected chi connectivity index (χ4v) is 3.67. The third kappa shape index (κ3) is 3.08. The third-order valence-electron chi connectivity index (χ3n) is 5.14. The summed E-state index contributed by atoms with van der Waals surface area (Å²) in [4.78, 5) is 35.4. The molecule has 1 aromatic heterocycles. The SMILES string of the molecule is Cc1ccc(N2C(=O)C[C@@H](N3CCN(c4ccccn4)CC3)C2=O)cc1. The van der Waals surface area contributed by atoms with E-state index in [2.05, 4.69) is 14.8 Å². The molecule has 0 bridgehead atoms. The van der Waals surface area contributed by atoms with E-state index in [1.54, 1.807) is 6.20 Å². The molecular formula is C20H22N4O2. The lowest BCUT2D eigenvalue weighted by atomic mass is 10.1. The Morgan fingerprint density at radius 3 is 2.35 bits per heavy atom. The van der Waals surface area contributed by atoms with Gasteiger partial charge in [-0.05, 0) is 31.2 Å². The number of aromatic nitrogens is 1. The van der Waals surface area contributed by atoms with Crippen LogP contribution in [0.1, 0.15) is 12.0 Å². The van der Waals surface area contributed by atoms with Gasteiger partial charge in [0.15, 0.2) is 0 Å². The molecule has 0 aliphatic carbocycles. The lowest BCUT2D eigenvalue weighted by Crippen LogP contribution is -2.52. The average Bonchev–Trinajstić information content (AvgIpc) is 2.98. The summed E-state index contributed by atoms with van der Waals surface area (Å²) in [5.74, 6) is 0.739. The van der Waals surface area contributed by atoms with Crippen LogP contribution < -0.4 is 9.80 Å². The maximum atomic E-state index is 12.9. The molecule has 2 aromatic rings. The number of hydrogen-bond donors (Lipinski definition) is 0. The van der Waals surface area contributed by atoms with Crippen molar-refractivity contribution in [2.24, 2.45) is 0 Å². The van der Waals surface area contributed by atoms with Crippen molar-refractivity contribution in [1.29, 1.82) is 0 Å². The number of rotatable bonds is 3. The summed E-state index contributed by atoms with van der Waals surface area (Å²) in [5.41, 5.74) is 1.77. The van der Waals surface area contributed by atoms with E-state index < -0.39 is 0 Å². The number of imide groups is 1. The first-order valence-corrected chi connectivity index (χ1v) is 8.97. The van der Waals surface area contributed by atoms with Crippen molar-refractivity contribution in [3.63, 3.8) is 0 Å². The molecule has 0 saturated carbocycles. The molecular weight excluding hydrogens is 328 g/mol. The monoisotopic (exact) mass is 350 g/mol. The second-order valence-corrected chi connectivity index (χ2v) is 6.83. The molecule has 2 amide bonds. The maximum absolute atomic E-state index is 12.9. The lowest BCUT2D eigenvalue weighted by molar-refractivity contribution is -0.123. The Bertz CT molecular complexity index is 798. The van der Waals surface area contributed by atoms with Gasteiger partial charge in [-0.25, -0.2) is 9.88 Å². The minimum Gasteiger partial charge on any atom is -0.354 e. The number of amides is 2. The van der Waals surface area contributed by atoms with Crippen molar-refractivity contribution in [2.75, 3.05) is 36.0 Å². The van der Waals surface area contributed by atoms with Crippen LogP contribution in [0, 0.1) is 6.92 Å². The summed E-state index contributed by atoms with van der Waals surface area (Å²) in [5, 5.41) is 0. The minimum atomic E-state index is -0.352. The standard InChI is InChI=1S/C20H22N4O2/c1-15-5-7-16(8-6-15)24-19(25)14-17(20(24)26)22-10-12-23(13-11-22)18-4-2-3-9-21-18/h2-9,17H,10-14H2,1H3/t17-/m1/s1. The summed E-state index contributed by atoms with van der Waals surface area (Å²) in [6, 6.07) is 13.1. The van der Waals surface area contributed by atoms with E-state index in [9.17, 15) is 9.59 Å². The molecule has 3 heterocycles. The van der Waals surface area contributed by atoms with Crippen LogP contribution in [-0.4, -0.2) is 53.9 Å². The molecule has 2 aliphatic rings. The van der Waals surface area contributed by atoms with E-state index in [0.29, 0.717) is 5.69 Å². The quantitative estimate of drug-likeness (QED) is 0.791. The molecule has 1 aromatic carbocycles. The number of anilines is 2. The van der Waals surface area contributed by atoms with E-state index in [1.807, 2.05) is 49.4 Å². The maximum Gasteiger partial charge on any atom is 0.251 e. The molecule has 1 atom stereocenters. The lowest BCUT2D eigenvalue weighted by Gasteiger charge is -2.37. The molecule has 6 heteroatoms. The van der Waals surface area contributed by atoms with Gasteiger partial charge in [-0.3, -0.25) is 14.5 Å². The van der Waals surface area contributed by atoms with Crippen molar-refractivity contribution >= 4 is 23.3 Å². The molecule has 134 valence electrons. The van der Waals surface area contributed by atoms with E-state index in [4.69, 9.17) is 0 Å². The number of benzene rings is 1. The van der Waals surface area contributed by atoms with Gasteiger partial charge in [0.1, 0.15) is 5.82 Å². The molecule has 26 heavy (non-hydrogen) atoms. The van der Waals surface area contributed by atoms with Gasteiger partial charge in [0.05, 0.1) is 18.2 Å². The fraction of sp³-hybridized carbons (Fsp3) is 0.350. The predicted octanol–water partition coefficient (Wildman–Crippen LogP) is 1.84. The number of aryl methyl sites for hydroxylation is 1. The van der Waals surface area contributed by atoms with Crippen LogP contribution in [0.15, 0.2) is 48.7 Å². The van der Waals surface area contributed by atoms with Gasteiger partial charge >= 0.3 is 0 Å². The van der Waals surface area contributed by atoms with Crippen LogP contribution in [0.4, 0.5) is 11.5 Å². The molecule has 0 N–H and O–H groups in total.